The van der Waals surface area contributed by atoms with Gasteiger partial charge in [0.1, 0.15) is 6.04 Å². The van der Waals surface area contributed by atoms with E-state index in [0.717, 1.165) is 19.3 Å². The molecule has 0 aliphatic carbocycles. The summed E-state index contributed by atoms with van der Waals surface area (Å²) >= 11 is 0. The maximum absolute atomic E-state index is 12.3. The van der Waals surface area contributed by atoms with E-state index in [-0.39, 0.29) is 42.1 Å². The quantitative estimate of drug-likeness (QED) is 0.148. The number of hydrogen-bond donors (Lipinski definition) is 7. The highest BCUT2D eigenvalue weighted by Crippen LogP contribution is 2.12. The molecule has 3 rings (SSSR count). The molecule has 0 bridgehead atoms. The summed E-state index contributed by atoms with van der Waals surface area (Å²) in [4.78, 5) is 70.4. The molecule has 0 spiro atoms. The second kappa shape index (κ2) is 15.4. The highest BCUT2D eigenvalue weighted by Gasteiger charge is 2.21. The van der Waals surface area contributed by atoms with Crippen molar-refractivity contribution in [1.82, 2.24) is 25.3 Å². The summed E-state index contributed by atoms with van der Waals surface area (Å²) in [6.45, 7) is 2.29. The van der Waals surface area contributed by atoms with Gasteiger partial charge in [-0.2, -0.15) is 4.98 Å². The van der Waals surface area contributed by atoms with Crippen molar-refractivity contribution < 1.29 is 34.5 Å². The van der Waals surface area contributed by atoms with Crippen LogP contribution >= 0.6 is 0 Å². The van der Waals surface area contributed by atoms with E-state index in [1.807, 2.05) is 0 Å². The van der Waals surface area contributed by atoms with E-state index in [1.165, 1.54) is 18.3 Å². The molecule has 0 fully saturated rings. The van der Waals surface area contributed by atoms with Crippen molar-refractivity contribution in [2.45, 2.75) is 58.0 Å². The Morgan fingerprint density at radius 2 is 1.68 bits per heavy atom. The van der Waals surface area contributed by atoms with Gasteiger partial charge in [0.15, 0.2) is 11.2 Å². The number of hydrogen-bond acceptors (Lipinski definition) is 10. The Balaban J connectivity index is 0.000000611. The number of unbranched alkanes of at least 4 members (excludes halogenated alkanes) is 2. The largest absolute Gasteiger partial charge is 0.481 e. The highest BCUT2D eigenvalue weighted by atomic mass is 16.4. The number of nitrogen functional groups attached to an aromatic ring is 1. The third-order valence-electron chi connectivity index (χ3n) is 5.35. The Bertz CT molecular complexity index is 1390. The minimum absolute atomic E-state index is 0.0524. The number of carboxylic acids is 3. The van der Waals surface area contributed by atoms with Crippen LogP contribution in [-0.2, 0) is 20.9 Å². The van der Waals surface area contributed by atoms with Crippen LogP contribution in [0.25, 0.3) is 11.2 Å². The molecule has 0 saturated heterocycles. The molecule has 2 heterocycles. The number of nitrogens with one attached hydrogen (secondary N) is 3. The fourth-order valence-electron chi connectivity index (χ4n) is 3.28. The molecule has 3 aromatic rings. The summed E-state index contributed by atoms with van der Waals surface area (Å²) in [6.07, 6.45) is 4.12. The molecule has 0 unspecified atom stereocenters. The summed E-state index contributed by atoms with van der Waals surface area (Å²) < 4.78 is 0. The topological polar surface area (TPSA) is 251 Å². The van der Waals surface area contributed by atoms with Crippen molar-refractivity contribution in [2.75, 3.05) is 11.1 Å². The summed E-state index contributed by atoms with van der Waals surface area (Å²) in [5, 5.41) is 31.3. The Hall–Kier alpha value is -5.08. The van der Waals surface area contributed by atoms with Gasteiger partial charge in [-0.15, -0.1) is 0 Å². The molecule has 214 valence electrons. The molecule has 2 aromatic heterocycles. The zero-order valence-electron chi connectivity index (χ0n) is 21.7. The van der Waals surface area contributed by atoms with E-state index in [0.29, 0.717) is 17.8 Å². The molecule has 15 nitrogen and oxygen atoms in total. The van der Waals surface area contributed by atoms with Crippen molar-refractivity contribution in [3.63, 3.8) is 0 Å². The van der Waals surface area contributed by atoms with Gasteiger partial charge in [-0.3, -0.25) is 24.2 Å². The van der Waals surface area contributed by atoms with Gasteiger partial charge in [-0.25, -0.2) is 14.8 Å². The fourth-order valence-corrected chi connectivity index (χ4v) is 3.28. The highest BCUT2D eigenvalue weighted by molar-refractivity contribution is 5.97. The number of carbonyl (C=O) groups excluding carboxylic acids is 1. The molecule has 40 heavy (non-hydrogen) atoms. The first kappa shape index (κ1) is 31.1. The lowest BCUT2D eigenvalue weighted by Gasteiger charge is -2.14. The maximum Gasteiger partial charge on any atom is 0.326 e. The third kappa shape index (κ3) is 10.4. The van der Waals surface area contributed by atoms with E-state index >= 15 is 0 Å². The Morgan fingerprint density at radius 3 is 2.27 bits per heavy atom. The molecule has 0 aliphatic heterocycles. The molecule has 0 radical (unpaired) electrons. The van der Waals surface area contributed by atoms with Gasteiger partial charge in [-0.05, 0) is 37.1 Å². The molecule has 8 N–H and O–H groups in total. The van der Waals surface area contributed by atoms with Crippen LogP contribution in [0.2, 0.25) is 0 Å². The Labute approximate surface area is 227 Å². The number of carbonyl (C=O) groups is 4. The average Bonchev–Trinajstić information content (AvgIpc) is 2.90. The number of anilines is 2. The van der Waals surface area contributed by atoms with Gasteiger partial charge in [0.05, 0.1) is 18.4 Å². The first-order chi connectivity index (χ1) is 19.0. The number of amides is 1. The SMILES string of the molecule is CCCCCC(=O)O.Nc1nc2ncc(CNc3ccc(C(=O)N[C@@H](CCC(=O)O)C(=O)O)cc3)nc2c(=O)[nH]1. The lowest BCUT2D eigenvalue weighted by Crippen LogP contribution is -2.41. The molecule has 1 atom stereocenters. The van der Waals surface area contributed by atoms with Crippen LogP contribution in [0.15, 0.2) is 35.3 Å². The predicted molar refractivity (Wildman–Crippen MR) is 144 cm³/mol. The molecule has 0 saturated carbocycles. The van der Waals surface area contributed by atoms with Gasteiger partial charge < -0.3 is 31.7 Å². The van der Waals surface area contributed by atoms with Crippen molar-refractivity contribution >= 4 is 46.6 Å². The summed E-state index contributed by atoms with van der Waals surface area (Å²) in [5.41, 5.74) is 6.47. The van der Waals surface area contributed by atoms with Crippen LogP contribution in [0.4, 0.5) is 11.6 Å². The number of H-pyrrole nitrogens is 1. The molecule has 1 amide bonds. The average molecular weight is 558 g/mol. The minimum atomic E-state index is -1.31. The van der Waals surface area contributed by atoms with Crippen LogP contribution in [0.5, 0.6) is 0 Å². The molecule has 1 aromatic carbocycles. The predicted octanol–water partition coefficient (Wildman–Crippen LogP) is 1.61. The first-order valence-corrected chi connectivity index (χ1v) is 12.3. The minimum Gasteiger partial charge on any atom is -0.481 e. The summed E-state index contributed by atoms with van der Waals surface area (Å²) in [5.74, 6) is -3.84. The van der Waals surface area contributed by atoms with E-state index in [4.69, 9.17) is 21.1 Å². The first-order valence-electron chi connectivity index (χ1n) is 12.3. The number of aliphatic carboxylic acids is 3. The van der Waals surface area contributed by atoms with Crippen molar-refractivity contribution in [2.24, 2.45) is 0 Å². The zero-order chi connectivity index (χ0) is 29.7. The van der Waals surface area contributed by atoms with E-state index in [1.54, 1.807) is 12.1 Å². The van der Waals surface area contributed by atoms with Gasteiger partial charge >= 0.3 is 17.9 Å². The lowest BCUT2D eigenvalue weighted by atomic mass is 10.1. The standard InChI is InChI=1S/C19H19N7O6.C6H12O2/c20-19-25-15-14(17(30)26-19)23-11(8-22-15)7-21-10-3-1-9(2-4-10)16(29)24-12(18(31)32)5-6-13(27)28;1-2-3-4-5-6(7)8/h1-4,8,12,21H,5-7H2,(H,24,29)(H,27,28)(H,31,32)(H3,20,22,25,26,30);2-5H2,1H3,(H,7,8)/t12-;/m0./s1. The van der Waals surface area contributed by atoms with E-state index in [9.17, 15) is 24.0 Å². The van der Waals surface area contributed by atoms with Crippen LogP contribution in [0.1, 0.15) is 61.5 Å². The van der Waals surface area contributed by atoms with E-state index in [2.05, 4.69) is 37.5 Å². The van der Waals surface area contributed by atoms with Gasteiger partial charge in [-0.1, -0.05) is 19.8 Å². The maximum atomic E-state index is 12.3. The monoisotopic (exact) mass is 557 g/mol. The van der Waals surface area contributed by atoms with Crippen LogP contribution < -0.4 is 21.9 Å². The lowest BCUT2D eigenvalue weighted by molar-refractivity contribution is -0.141. The number of benzene rings is 1. The molecule has 15 heteroatoms. The number of aromatic amines is 1. The molecule has 0 aliphatic rings. The smallest absolute Gasteiger partial charge is 0.326 e. The molecular weight excluding hydrogens is 526 g/mol. The number of rotatable bonds is 13. The number of nitrogens with zero attached hydrogens (tertiary/aromatic N) is 3. The van der Waals surface area contributed by atoms with Gasteiger partial charge in [0.25, 0.3) is 11.5 Å². The second-order valence-electron chi connectivity index (χ2n) is 8.56. The summed E-state index contributed by atoms with van der Waals surface area (Å²) in [7, 11) is 0. The van der Waals surface area contributed by atoms with Crippen molar-refractivity contribution in [1.29, 1.82) is 0 Å². The Morgan fingerprint density at radius 1 is 1.00 bits per heavy atom. The number of nitrogens with two attached hydrogens (primary N) is 1. The second-order valence-corrected chi connectivity index (χ2v) is 8.56. The number of carboxylic acid groups (broad SMARTS) is 3. The van der Waals surface area contributed by atoms with Crippen LogP contribution in [0.3, 0.4) is 0 Å². The molecular formula is C25H31N7O8. The van der Waals surface area contributed by atoms with Gasteiger partial charge in [0.2, 0.25) is 5.95 Å². The van der Waals surface area contributed by atoms with E-state index < -0.39 is 35.4 Å². The number of aromatic nitrogens is 4. The van der Waals surface area contributed by atoms with Crippen molar-refractivity contribution in [3.05, 3.63) is 52.1 Å². The summed E-state index contributed by atoms with van der Waals surface area (Å²) in [6, 6.07) is 4.86. The van der Waals surface area contributed by atoms with Gasteiger partial charge in [0, 0.05) is 24.1 Å². The third-order valence-corrected chi connectivity index (χ3v) is 5.35. The zero-order valence-corrected chi connectivity index (χ0v) is 21.7. The van der Waals surface area contributed by atoms with Crippen LogP contribution in [-0.4, -0.2) is 65.1 Å². The normalized spacial score (nSPS) is 11.1. The van der Waals surface area contributed by atoms with Crippen molar-refractivity contribution in [3.8, 4) is 0 Å². The Kier molecular flexibility index (Phi) is 12.0. The fraction of sp³-hybridized carbons (Fsp3) is 0.360. The van der Waals surface area contributed by atoms with Crippen LogP contribution in [0, 0.1) is 0 Å². The number of fused-ring (bicyclic) bond motifs is 1.